The summed E-state index contributed by atoms with van der Waals surface area (Å²) >= 11 is 7.25. The van der Waals surface area contributed by atoms with E-state index in [-0.39, 0.29) is 5.91 Å². The normalized spacial score (nSPS) is 10.5. The van der Waals surface area contributed by atoms with E-state index in [2.05, 4.69) is 15.3 Å². The van der Waals surface area contributed by atoms with Crippen molar-refractivity contribution >= 4 is 34.0 Å². The minimum Gasteiger partial charge on any atom is -0.302 e. The smallest absolute Gasteiger partial charge is 0.226 e. The van der Waals surface area contributed by atoms with E-state index >= 15 is 0 Å². The van der Waals surface area contributed by atoms with Crippen LogP contribution in [0.4, 0.5) is 5.13 Å². The van der Waals surface area contributed by atoms with Gasteiger partial charge in [-0.25, -0.2) is 4.98 Å². The Morgan fingerprint density at radius 3 is 2.78 bits per heavy atom. The highest BCUT2D eigenvalue weighted by molar-refractivity contribution is 7.14. The van der Waals surface area contributed by atoms with Crippen LogP contribution in [-0.2, 0) is 11.2 Å². The second-order valence-corrected chi connectivity index (χ2v) is 6.25. The summed E-state index contributed by atoms with van der Waals surface area (Å²) in [5, 5.41) is 6.04. The average Bonchev–Trinajstić information content (AvgIpc) is 3.04. The van der Waals surface area contributed by atoms with Crippen LogP contribution in [0.15, 0.2) is 54.2 Å². The van der Waals surface area contributed by atoms with E-state index in [0.717, 1.165) is 16.8 Å². The number of carbonyl (C=O) groups excluding carboxylic acids is 1. The lowest BCUT2D eigenvalue weighted by atomic mass is 10.1. The van der Waals surface area contributed by atoms with Crippen LogP contribution in [0.3, 0.4) is 0 Å². The quantitative estimate of drug-likeness (QED) is 0.745. The number of benzene rings is 1. The Morgan fingerprint density at radius 2 is 2.04 bits per heavy atom. The summed E-state index contributed by atoms with van der Waals surface area (Å²) in [5.41, 5.74) is 2.83. The molecule has 1 N–H and O–H groups in total. The Balaban J connectivity index is 1.56. The number of carbonyl (C=O) groups is 1. The second kappa shape index (κ2) is 7.35. The number of aryl methyl sites for hydroxylation is 1. The standard InChI is InChI=1S/C17H14ClN3OS/c18-14-6-3-12(4-7-14)5-8-16(22)21-17-20-15(11-23-17)13-2-1-9-19-10-13/h1-4,6-7,9-11H,5,8H2,(H,20,21,22). The Bertz CT molecular complexity index is 787. The first-order valence-electron chi connectivity index (χ1n) is 7.11. The third-order valence-electron chi connectivity index (χ3n) is 3.26. The molecule has 0 unspecified atom stereocenters. The number of hydrogen-bond acceptors (Lipinski definition) is 4. The maximum Gasteiger partial charge on any atom is 0.226 e. The van der Waals surface area contributed by atoms with Gasteiger partial charge in [-0.3, -0.25) is 9.78 Å². The molecule has 116 valence electrons. The van der Waals surface area contributed by atoms with E-state index in [9.17, 15) is 4.79 Å². The number of thiazole rings is 1. The highest BCUT2D eigenvalue weighted by atomic mass is 35.5. The summed E-state index contributed by atoms with van der Waals surface area (Å²) < 4.78 is 0. The number of pyridine rings is 1. The monoisotopic (exact) mass is 343 g/mol. The van der Waals surface area contributed by atoms with Crippen molar-refractivity contribution in [2.75, 3.05) is 5.32 Å². The molecule has 0 saturated carbocycles. The van der Waals surface area contributed by atoms with Crippen molar-refractivity contribution in [1.82, 2.24) is 9.97 Å². The zero-order chi connectivity index (χ0) is 16.1. The van der Waals surface area contributed by atoms with Crippen LogP contribution in [-0.4, -0.2) is 15.9 Å². The first kappa shape index (κ1) is 15.6. The van der Waals surface area contributed by atoms with Crippen LogP contribution >= 0.6 is 22.9 Å². The number of nitrogens with one attached hydrogen (secondary N) is 1. The first-order chi connectivity index (χ1) is 11.2. The maximum absolute atomic E-state index is 12.0. The SMILES string of the molecule is O=C(CCc1ccc(Cl)cc1)Nc1nc(-c2cccnc2)cs1. The van der Waals surface area contributed by atoms with Crippen molar-refractivity contribution in [2.45, 2.75) is 12.8 Å². The molecule has 0 fully saturated rings. The van der Waals surface area contributed by atoms with Crippen molar-refractivity contribution in [2.24, 2.45) is 0 Å². The molecule has 2 aromatic heterocycles. The minimum absolute atomic E-state index is 0.0490. The van der Waals surface area contributed by atoms with Gasteiger partial charge >= 0.3 is 0 Å². The van der Waals surface area contributed by atoms with Gasteiger partial charge in [0.15, 0.2) is 5.13 Å². The Hall–Kier alpha value is -2.24. The molecule has 0 atom stereocenters. The Morgan fingerprint density at radius 1 is 1.22 bits per heavy atom. The number of hydrogen-bond donors (Lipinski definition) is 1. The molecule has 0 aliphatic carbocycles. The molecular weight excluding hydrogens is 330 g/mol. The van der Waals surface area contributed by atoms with Gasteiger partial charge in [0, 0.05) is 34.8 Å². The van der Waals surface area contributed by atoms with Crippen molar-refractivity contribution in [3.05, 3.63) is 64.8 Å². The summed E-state index contributed by atoms with van der Waals surface area (Å²) in [6.45, 7) is 0. The highest BCUT2D eigenvalue weighted by Crippen LogP contribution is 2.24. The van der Waals surface area contributed by atoms with Gasteiger partial charge < -0.3 is 5.32 Å². The van der Waals surface area contributed by atoms with Gasteiger partial charge in [0.25, 0.3) is 0 Å². The lowest BCUT2D eigenvalue weighted by Crippen LogP contribution is -2.12. The van der Waals surface area contributed by atoms with Crippen LogP contribution in [0.1, 0.15) is 12.0 Å². The molecule has 0 aliphatic heterocycles. The molecule has 4 nitrogen and oxygen atoms in total. The summed E-state index contributed by atoms with van der Waals surface area (Å²) in [6.07, 6.45) is 4.55. The zero-order valence-electron chi connectivity index (χ0n) is 12.2. The van der Waals surface area contributed by atoms with Crippen molar-refractivity contribution in [3.8, 4) is 11.3 Å². The molecule has 3 rings (SSSR count). The predicted octanol–water partition coefficient (Wildman–Crippen LogP) is 4.43. The number of nitrogens with zero attached hydrogens (tertiary/aromatic N) is 2. The van der Waals surface area contributed by atoms with Crippen LogP contribution in [0, 0.1) is 0 Å². The summed E-state index contributed by atoms with van der Waals surface area (Å²) in [5.74, 6) is -0.0490. The van der Waals surface area contributed by atoms with Gasteiger partial charge in [0.1, 0.15) is 0 Å². The van der Waals surface area contributed by atoms with E-state index in [1.165, 1.54) is 11.3 Å². The number of anilines is 1. The zero-order valence-corrected chi connectivity index (χ0v) is 13.8. The van der Waals surface area contributed by atoms with Crippen LogP contribution in [0.5, 0.6) is 0 Å². The van der Waals surface area contributed by atoms with Gasteiger partial charge in [-0.15, -0.1) is 11.3 Å². The third-order valence-corrected chi connectivity index (χ3v) is 4.27. The lowest BCUT2D eigenvalue weighted by Gasteiger charge is -2.02. The Kier molecular flexibility index (Phi) is 5.00. The molecule has 1 aromatic carbocycles. The molecule has 23 heavy (non-hydrogen) atoms. The molecule has 6 heteroatoms. The fraction of sp³-hybridized carbons (Fsp3) is 0.118. The summed E-state index contributed by atoms with van der Waals surface area (Å²) in [7, 11) is 0. The molecular formula is C17H14ClN3OS. The average molecular weight is 344 g/mol. The van der Waals surface area contributed by atoms with Crippen LogP contribution in [0.25, 0.3) is 11.3 Å². The van der Waals surface area contributed by atoms with Gasteiger partial charge in [0.2, 0.25) is 5.91 Å². The largest absolute Gasteiger partial charge is 0.302 e. The lowest BCUT2D eigenvalue weighted by molar-refractivity contribution is -0.116. The molecule has 0 spiro atoms. The fourth-order valence-electron chi connectivity index (χ4n) is 2.07. The van der Waals surface area contributed by atoms with E-state index in [1.807, 2.05) is 41.8 Å². The number of halogens is 1. The Labute approximate surface area is 143 Å². The van der Waals surface area contributed by atoms with Crippen LogP contribution < -0.4 is 5.32 Å². The predicted molar refractivity (Wildman–Crippen MR) is 93.7 cm³/mol. The van der Waals surface area contributed by atoms with Gasteiger partial charge in [-0.05, 0) is 36.2 Å². The number of aromatic nitrogens is 2. The molecule has 0 saturated heterocycles. The fourth-order valence-corrected chi connectivity index (χ4v) is 2.93. The third kappa shape index (κ3) is 4.37. The van der Waals surface area contributed by atoms with Crippen LogP contribution in [0.2, 0.25) is 5.02 Å². The molecule has 0 radical (unpaired) electrons. The summed E-state index contributed by atoms with van der Waals surface area (Å²) in [6, 6.07) is 11.3. The number of amides is 1. The van der Waals surface area contributed by atoms with E-state index < -0.39 is 0 Å². The molecule has 3 aromatic rings. The summed E-state index contributed by atoms with van der Waals surface area (Å²) in [4.78, 5) is 20.5. The van der Waals surface area contributed by atoms with Gasteiger partial charge in [-0.2, -0.15) is 0 Å². The van der Waals surface area contributed by atoms with Crippen molar-refractivity contribution < 1.29 is 4.79 Å². The molecule has 2 heterocycles. The molecule has 1 amide bonds. The topological polar surface area (TPSA) is 54.9 Å². The second-order valence-electron chi connectivity index (χ2n) is 4.95. The number of rotatable bonds is 5. The molecule has 0 bridgehead atoms. The van der Waals surface area contributed by atoms with Gasteiger partial charge in [0.05, 0.1) is 5.69 Å². The maximum atomic E-state index is 12.0. The van der Waals surface area contributed by atoms with Crippen molar-refractivity contribution in [3.63, 3.8) is 0 Å². The minimum atomic E-state index is -0.0490. The highest BCUT2D eigenvalue weighted by Gasteiger charge is 2.08. The van der Waals surface area contributed by atoms with E-state index in [4.69, 9.17) is 11.6 Å². The van der Waals surface area contributed by atoms with E-state index in [1.54, 1.807) is 12.4 Å². The molecule has 0 aliphatic rings. The van der Waals surface area contributed by atoms with Gasteiger partial charge in [-0.1, -0.05) is 23.7 Å². The van der Waals surface area contributed by atoms with Crippen molar-refractivity contribution in [1.29, 1.82) is 0 Å². The first-order valence-corrected chi connectivity index (χ1v) is 8.37. The van der Waals surface area contributed by atoms with E-state index in [0.29, 0.717) is 23.0 Å².